The number of aromatic nitrogens is 4. The van der Waals surface area contributed by atoms with Crippen LogP contribution in [0.4, 0.5) is 5.82 Å². The molecule has 3 heterocycles. The van der Waals surface area contributed by atoms with Crippen molar-refractivity contribution < 1.29 is 38.0 Å². The molecule has 16 heteroatoms. The van der Waals surface area contributed by atoms with Crippen molar-refractivity contribution in [1.29, 1.82) is 0 Å². The average Bonchev–Trinajstić information content (AvgIpc) is 3.54. The lowest BCUT2D eigenvalue weighted by molar-refractivity contribution is -0.181. The highest BCUT2D eigenvalue weighted by atomic mass is 127. The van der Waals surface area contributed by atoms with E-state index in [9.17, 15) is 9.59 Å². The molecule has 0 unspecified atom stereocenters. The summed E-state index contributed by atoms with van der Waals surface area (Å²) >= 11 is 2.39. The van der Waals surface area contributed by atoms with Crippen molar-refractivity contribution in [2.75, 3.05) is 72.2 Å². The molecule has 0 saturated heterocycles. The Hall–Kier alpha value is -2.33. The molecular formula is C37H58IN5O8Si2. The van der Waals surface area contributed by atoms with Crippen LogP contribution in [0.5, 0.6) is 0 Å². The first-order chi connectivity index (χ1) is 25.2. The number of anilines is 1. The molecule has 1 saturated carbocycles. The van der Waals surface area contributed by atoms with E-state index >= 15 is 0 Å². The van der Waals surface area contributed by atoms with Crippen LogP contribution in [0, 0.1) is 3.57 Å². The maximum atomic E-state index is 13.5. The Morgan fingerprint density at radius 1 is 0.925 bits per heavy atom. The largest absolute Gasteiger partial charge is 0.461 e. The third-order valence-electron chi connectivity index (χ3n) is 9.34. The fourth-order valence-corrected chi connectivity index (χ4v) is 8.70. The lowest BCUT2D eigenvalue weighted by Gasteiger charge is -2.38. The molecule has 0 N–H and O–H groups in total. The summed E-state index contributed by atoms with van der Waals surface area (Å²) in [6.07, 6.45) is 6.46. The Morgan fingerprint density at radius 3 is 2.09 bits per heavy atom. The first-order valence-corrected chi connectivity index (χ1v) is 26.9. The van der Waals surface area contributed by atoms with Gasteiger partial charge in [0.1, 0.15) is 25.8 Å². The third-order valence-corrected chi connectivity index (χ3v) is 13.8. The van der Waals surface area contributed by atoms with E-state index < -0.39 is 21.7 Å². The highest BCUT2D eigenvalue weighted by Crippen LogP contribution is 2.43. The van der Waals surface area contributed by atoms with Gasteiger partial charge in [0.2, 0.25) is 0 Å². The van der Waals surface area contributed by atoms with Gasteiger partial charge in [-0.15, -0.1) is 0 Å². The second-order valence-electron chi connectivity index (χ2n) is 16.0. The lowest BCUT2D eigenvalue weighted by Crippen LogP contribution is -2.46. The van der Waals surface area contributed by atoms with Gasteiger partial charge in [-0.3, -0.25) is 9.78 Å². The standard InChI is InChI=1S/C37H58IN5O8Si2/c1-46-15-17-50-36(45)37(51-18-16-47-2)13-11-28(12-14-37)33-32(38)35(42(26-48-19-21-52(3,4)5)27-49-20-22-53(6,7)8)43-34(41-33)31(24-40-43)29-9-10-30(25-44)39-23-29/h9-10,23-25,28H,11-22,26-27H2,1-8H3. The normalized spacial score (nSPS) is 18.0. The Balaban J connectivity index is 1.76. The van der Waals surface area contributed by atoms with Gasteiger partial charge in [0.15, 0.2) is 23.4 Å². The third kappa shape index (κ3) is 12.3. The van der Waals surface area contributed by atoms with Crippen molar-refractivity contribution in [2.24, 2.45) is 0 Å². The zero-order chi connectivity index (χ0) is 38.6. The molecule has 53 heavy (non-hydrogen) atoms. The molecule has 0 aromatic carbocycles. The number of carbonyl (C=O) groups excluding carboxylic acids is 2. The summed E-state index contributed by atoms with van der Waals surface area (Å²) < 4.78 is 37.8. The number of esters is 1. The van der Waals surface area contributed by atoms with Crippen molar-refractivity contribution in [3.05, 3.63) is 39.5 Å². The number of ether oxygens (including phenoxy) is 6. The van der Waals surface area contributed by atoms with E-state index in [1.54, 1.807) is 32.7 Å². The molecule has 3 aromatic rings. The van der Waals surface area contributed by atoms with Crippen LogP contribution in [0.1, 0.15) is 47.8 Å². The molecule has 0 radical (unpaired) electrons. The molecule has 3 aromatic heterocycles. The smallest absolute Gasteiger partial charge is 0.338 e. The summed E-state index contributed by atoms with van der Waals surface area (Å²) in [5, 5.41) is 4.87. The molecule has 0 aliphatic heterocycles. The van der Waals surface area contributed by atoms with Crippen LogP contribution in [-0.2, 0) is 33.2 Å². The summed E-state index contributed by atoms with van der Waals surface area (Å²) in [6, 6.07) is 5.66. The van der Waals surface area contributed by atoms with Crippen molar-refractivity contribution in [3.8, 4) is 11.1 Å². The second kappa shape index (κ2) is 20.0. The van der Waals surface area contributed by atoms with Crippen LogP contribution in [0.25, 0.3) is 16.8 Å². The SMILES string of the molecule is COCCOC(=O)C1(OCCOC)CCC(c2nc3c(-c4ccc(C=O)nc4)cnn3c(N(COCC[Si](C)(C)C)COCC[Si](C)(C)C)c2I)CC1. The van der Waals surface area contributed by atoms with Gasteiger partial charge in [0.25, 0.3) is 0 Å². The molecule has 4 rings (SSSR count). The molecular weight excluding hydrogens is 826 g/mol. The number of halogens is 1. The van der Waals surface area contributed by atoms with E-state index in [0.29, 0.717) is 76.9 Å². The number of pyridine rings is 1. The summed E-state index contributed by atoms with van der Waals surface area (Å²) in [7, 11) is 0.564. The molecule has 0 amide bonds. The van der Waals surface area contributed by atoms with Crippen LogP contribution in [-0.4, -0.2) is 121 Å². The zero-order valence-electron chi connectivity index (χ0n) is 32.7. The van der Waals surface area contributed by atoms with Crippen LogP contribution < -0.4 is 4.90 Å². The van der Waals surface area contributed by atoms with Crippen molar-refractivity contribution >= 4 is 62.5 Å². The van der Waals surface area contributed by atoms with Crippen molar-refractivity contribution in [2.45, 2.75) is 88.6 Å². The van der Waals surface area contributed by atoms with E-state index in [1.165, 1.54) is 0 Å². The molecule has 0 atom stereocenters. The maximum Gasteiger partial charge on any atom is 0.338 e. The fourth-order valence-electron chi connectivity index (χ4n) is 6.06. The number of fused-ring (bicyclic) bond motifs is 1. The first-order valence-electron chi connectivity index (χ1n) is 18.4. The Labute approximate surface area is 330 Å². The molecule has 1 fully saturated rings. The van der Waals surface area contributed by atoms with E-state index in [4.69, 9.17) is 38.5 Å². The van der Waals surface area contributed by atoms with E-state index in [2.05, 4.69) is 71.8 Å². The van der Waals surface area contributed by atoms with E-state index in [0.717, 1.165) is 44.6 Å². The van der Waals surface area contributed by atoms with Gasteiger partial charge in [-0.1, -0.05) is 45.3 Å². The minimum Gasteiger partial charge on any atom is -0.461 e. The predicted octanol–water partition coefficient (Wildman–Crippen LogP) is 6.89. The maximum absolute atomic E-state index is 13.5. The summed E-state index contributed by atoms with van der Waals surface area (Å²) in [5.74, 6) is 0.490. The quantitative estimate of drug-likeness (QED) is 0.0260. The molecule has 294 valence electrons. The number of aldehydes is 1. The highest BCUT2D eigenvalue weighted by molar-refractivity contribution is 14.1. The minimum atomic E-state index is -1.31. The number of hydrogen-bond acceptors (Lipinski definition) is 12. The predicted molar refractivity (Wildman–Crippen MR) is 219 cm³/mol. The lowest BCUT2D eigenvalue weighted by atomic mass is 9.77. The Kier molecular flexibility index (Phi) is 16.4. The monoisotopic (exact) mass is 883 g/mol. The summed E-state index contributed by atoms with van der Waals surface area (Å²) in [4.78, 5) is 36.6. The number of nitrogens with zero attached hydrogens (tertiary/aromatic N) is 5. The number of carbonyl (C=O) groups is 2. The van der Waals surface area contributed by atoms with Crippen LogP contribution >= 0.6 is 22.6 Å². The average molecular weight is 884 g/mol. The van der Waals surface area contributed by atoms with Crippen LogP contribution in [0.3, 0.4) is 0 Å². The highest BCUT2D eigenvalue weighted by Gasteiger charge is 2.45. The number of rotatable bonds is 22. The van der Waals surface area contributed by atoms with Crippen molar-refractivity contribution in [1.82, 2.24) is 19.6 Å². The zero-order valence-corrected chi connectivity index (χ0v) is 36.9. The second-order valence-corrected chi connectivity index (χ2v) is 28.3. The van der Waals surface area contributed by atoms with Crippen LogP contribution in [0.15, 0.2) is 24.5 Å². The summed E-state index contributed by atoms with van der Waals surface area (Å²) in [5.41, 5.74) is 2.45. The van der Waals surface area contributed by atoms with E-state index in [-0.39, 0.29) is 25.1 Å². The molecule has 1 aliphatic carbocycles. The van der Waals surface area contributed by atoms with Gasteiger partial charge >= 0.3 is 5.97 Å². The number of hydrogen-bond donors (Lipinski definition) is 0. The van der Waals surface area contributed by atoms with Gasteiger partial charge in [-0.2, -0.15) is 9.61 Å². The van der Waals surface area contributed by atoms with Gasteiger partial charge in [-0.05, 0) is 66.4 Å². The molecule has 0 spiro atoms. The Morgan fingerprint density at radius 2 is 1.55 bits per heavy atom. The first kappa shape index (κ1) is 43.4. The molecule has 1 aliphatic rings. The van der Waals surface area contributed by atoms with Crippen LogP contribution in [0.2, 0.25) is 51.4 Å². The molecule has 0 bridgehead atoms. The van der Waals surface area contributed by atoms with Gasteiger partial charge in [-0.25, -0.2) is 9.78 Å². The fraction of sp³-hybridized carbons (Fsp3) is 0.649. The number of methoxy groups -OCH3 is 2. The van der Waals surface area contributed by atoms with Crippen molar-refractivity contribution in [3.63, 3.8) is 0 Å². The summed E-state index contributed by atoms with van der Waals surface area (Å²) in [6.45, 7) is 17.2. The van der Waals surface area contributed by atoms with Gasteiger partial charge < -0.3 is 33.3 Å². The molecule has 13 nitrogen and oxygen atoms in total. The minimum absolute atomic E-state index is 0.0253. The van der Waals surface area contributed by atoms with E-state index in [1.807, 2.05) is 10.6 Å². The van der Waals surface area contributed by atoms with Gasteiger partial charge in [0.05, 0.1) is 35.3 Å². The van der Waals surface area contributed by atoms with Gasteiger partial charge in [0, 0.05) is 66.8 Å². The Bertz CT molecular complexity index is 1600. The topological polar surface area (TPSA) is 136 Å².